The standard InChI is InChI=1S/C11H20N2O3/c1-7(2)9(12)10(14)13-5-3-4-8(6-13)11(15)16/h7-9H,3-6,12H2,1-2H3,(H,15,16)/t8-,9+/m1/s1. The average molecular weight is 228 g/mol. The molecule has 16 heavy (non-hydrogen) atoms. The molecule has 92 valence electrons. The van der Waals surface area contributed by atoms with Crippen molar-refractivity contribution in [3.63, 3.8) is 0 Å². The van der Waals surface area contributed by atoms with Gasteiger partial charge in [0.25, 0.3) is 0 Å². The lowest BCUT2D eigenvalue weighted by Gasteiger charge is -2.33. The maximum atomic E-state index is 11.9. The van der Waals surface area contributed by atoms with Gasteiger partial charge in [-0.1, -0.05) is 13.8 Å². The van der Waals surface area contributed by atoms with Crippen LogP contribution in [-0.4, -0.2) is 41.0 Å². The molecule has 0 aliphatic carbocycles. The van der Waals surface area contributed by atoms with Gasteiger partial charge in [-0.05, 0) is 18.8 Å². The maximum absolute atomic E-state index is 11.9. The number of hydrogen-bond acceptors (Lipinski definition) is 3. The van der Waals surface area contributed by atoms with Crippen molar-refractivity contribution in [2.75, 3.05) is 13.1 Å². The van der Waals surface area contributed by atoms with E-state index < -0.39 is 17.9 Å². The van der Waals surface area contributed by atoms with Gasteiger partial charge in [-0.25, -0.2) is 0 Å². The second kappa shape index (κ2) is 5.30. The van der Waals surface area contributed by atoms with Crippen LogP contribution in [0.25, 0.3) is 0 Å². The number of carbonyl (C=O) groups is 2. The summed E-state index contributed by atoms with van der Waals surface area (Å²) in [7, 11) is 0. The van der Waals surface area contributed by atoms with Crippen molar-refractivity contribution < 1.29 is 14.7 Å². The van der Waals surface area contributed by atoms with Gasteiger partial charge in [-0.15, -0.1) is 0 Å². The molecule has 0 aromatic rings. The summed E-state index contributed by atoms with van der Waals surface area (Å²) in [6, 6.07) is -0.521. The molecule has 1 aliphatic rings. The van der Waals surface area contributed by atoms with Crippen LogP contribution >= 0.6 is 0 Å². The predicted octanol–water partition coefficient (Wildman–Crippen LogP) is 0.293. The largest absolute Gasteiger partial charge is 0.481 e. The fourth-order valence-electron chi connectivity index (χ4n) is 1.87. The van der Waals surface area contributed by atoms with Crippen LogP contribution in [0.4, 0.5) is 0 Å². The van der Waals surface area contributed by atoms with E-state index in [1.165, 1.54) is 0 Å². The third-order valence-corrected chi connectivity index (χ3v) is 3.09. The molecule has 1 saturated heterocycles. The lowest BCUT2D eigenvalue weighted by molar-refractivity contribution is -0.146. The Hall–Kier alpha value is -1.10. The maximum Gasteiger partial charge on any atom is 0.308 e. The predicted molar refractivity (Wildman–Crippen MR) is 59.8 cm³/mol. The van der Waals surface area contributed by atoms with E-state index in [1.54, 1.807) is 4.90 Å². The molecule has 1 fully saturated rings. The summed E-state index contributed by atoms with van der Waals surface area (Å²) in [5.74, 6) is -1.30. The van der Waals surface area contributed by atoms with Crippen molar-refractivity contribution in [1.82, 2.24) is 4.90 Å². The van der Waals surface area contributed by atoms with E-state index in [2.05, 4.69) is 0 Å². The molecule has 5 nitrogen and oxygen atoms in total. The highest BCUT2D eigenvalue weighted by Gasteiger charge is 2.31. The Morgan fingerprint density at radius 2 is 2.06 bits per heavy atom. The van der Waals surface area contributed by atoms with Gasteiger partial charge < -0.3 is 15.7 Å². The Labute approximate surface area is 95.6 Å². The van der Waals surface area contributed by atoms with Crippen molar-refractivity contribution >= 4 is 11.9 Å². The van der Waals surface area contributed by atoms with E-state index in [9.17, 15) is 9.59 Å². The van der Waals surface area contributed by atoms with Crippen LogP contribution in [-0.2, 0) is 9.59 Å². The number of piperidine rings is 1. The molecule has 1 amide bonds. The molecule has 0 radical (unpaired) electrons. The van der Waals surface area contributed by atoms with Gasteiger partial charge in [0.2, 0.25) is 5.91 Å². The highest BCUT2D eigenvalue weighted by molar-refractivity contribution is 5.82. The molecular weight excluding hydrogens is 208 g/mol. The van der Waals surface area contributed by atoms with Gasteiger partial charge in [0, 0.05) is 13.1 Å². The van der Waals surface area contributed by atoms with Crippen molar-refractivity contribution in [2.24, 2.45) is 17.6 Å². The van der Waals surface area contributed by atoms with Crippen molar-refractivity contribution in [3.8, 4) is 0 Å². The first-order valence-electron chi connectivity index (χ1n) is 5.70. The second-order valence-corrected chi connectivity index (χ2v) is 4.73. The van der Waals surface area contributed by atoms with Crippen molar-refractivity contribution in [3.05, 3.63) is 0 Å². The molecule has 1 aliphatic heterocycles. The van der Waals surface area contributed by atoms with E-state index in [0.29, 0.717) is 19.5 Å². The molecule has 0 bridgehead atoms. The lowest BCUT2D eigenvalue weighted by Crippen LogP contribution is -2.50. The average Bonchev–Trinajstić information content (AvgIpc) is 2.27. The van der Waals surface area contributed by atoms with E-state index in [1.807, 2.05) is 13.8 Å². The fraction of sp³-hybridized carbons (Fsp3) is 0.818. The summed E-state index contributed by atoms with van der Waals surface area (Å²) in [4.78, 5) is 24.4. The van der Waals surface area contributed by atoms with Crippen LogP contribution < -0.4 is 5.73 Å². The Morgan fingerprint density at radius 3 is 2.56 bits per heavy atom. The molecule has 0 saturated carbocycles. The Morgan fingerprint density at radius 1 is 1.44 bits per heavy atom. The van der Waals surface area contributed by atoms with Crippen LogP contribution in [0.2, 0.25) is 0 Å². The van der Waals surface area contributed by atoms with Crippen LogP contribution in [0.3, 0.4) is 0 Å². The molecule has 0 aromatic carbocycles. The Bertz CT molecular complexity index is 278. The number of nitrogens with zero attached hydrogens (tertiary/aromatic N) is 1. The molecule has 3 N–H and O–H groups in total. The molecule has 0 aromatic heterocycles. The minimum absolute atomic E-state index is 0.0812. The molecule has 0 unspecified atom stereocenters. The summed E-state index contributed by atoms with van der Waals surface area (Å²) < 4.78 is 0. The fourth-order valence-corrected chi connectivity index (χ4v) is 1.87. The minimum atomic E-state index is -0.824. The highest BCUT2D eigenvalue weighted by atomic mass is 16.4. The molecular formula is C11H20N2O3. The van der Waals surface area contributed by atoms with Crippen LogP contribution in [0.5, 0.6) is 0 Å². The summed E-state index contributed by atoms with van der Waals surface area (Å²) in [5, 5.41) is 8.92. The summed E-state index contributed by atoms with van der Waals surface area (Å²) in [6.07, 6.45) is 1.39. The number of carbonyl (C=O) groups excluding carboxylic acids is 1. The van der Waals surface area contributed by atoms with Crippen LogP contribution in [0.15, 0.2) is 0 Å². The normalized spacial score (nSPS) is 23.2. The van der Waals surface area contributed by atoms with Crippen molar-refractivity contribution in [2.45, 2.75) is 32.7 Å². The molecule has 2 atom stereocenters. The summed E-state index contributed by atoms with van der Waals surface area (Å²) in [5.41, 5.74) is 5.77. The molecule has 5 heteroatoms. The number of nitrogens with two attached hydrogens (primary N) is 1. The van der Waals surface area contributed by atoms with Crippen LogP contribution in [0.1, 0.15) is 26.7 Å². The van der Waals surface area contributed by atoms with Gasteiger partial charge in [0.15, 0.2) is 0 Å². The Kier molecular flexibility index (Phi) is 4.29. The van der Waals surface area contributed by atoms with Gasteiger partial charge in [-0.2, -0.15) is 0 Å². The number of amides is 1. The zero-order valence-corrected chi connectivity index (χ0v) is 9.85. The zero-order valence-electron chi connectivity index (χ0n) is 9.85. The van der Waals surface area contributed by atoms with Crippen LogP contribution in [0, 0.1) is 11.8 Å². The summed E-state index contributed by atoms with van der Waals surface area (Å²) >= 11 is 0. The van der Waals surface area contributed by atoms with E-state index in [4.69, 9.17) is 10.8 Å². The zero-order chi connectivity index (χ0) is 12.3. The third-order valence-electron chi connectivity index (χ3n) is 3.09. The van der Waals surface area contributed by atoms with Crippen molar-refractivity contribution in [1.29, 1.82) is 0 Å². The third kappa shape index (κ3) is 2.95. The first-order valence-corrected chi connectivity index (χ1v) is 5.70. The highest BCUT2D eigenvalue weighted by Crippen LogP contribution is 2.18. The van der Waals surface area contributed by atoms with Gasteiger partial charge in [0.05, 0.1) is 12.0 Å². The first-order chi connectivity index (χ1) is 7.43. The number of rotatable bonds is 3. The second-order valence-electron chi connectivity index (χ2n) is 4.73. The molecule has 1 heterocycles. The van der Waals surface area contributed by atoms with Gasteiger partial charge >= 0.3 is 5.97 Å². The van der Waals surface area contributed by atoms with E-state index >= 15 is 0 Å². The number of likely N-dealkylation sites (tertiary alicyclic amines) is 1. The molecule has 0 spiro atoms. The number of carboxylic acid groups (broad SMARTS) is 1. The summed E-state index contributed by atoms with van der Waals surface area (Å²) in [6.45, 7) is 4.71. The SMILES string of the molecule is CC(C)[C@H](N)C(=O)N1CCC[C@@H](C(=O)O)C1. The minimum Gasteiger partial charge on any atom is -0.481 e. The Balaban J connectivity index is 2.60. The smallest absolute Gasteiger partial charge is 0.308 e. The first kappa shape index (κ1) is 13.0. The number of hydrogen-bond donors (Lipinski definition) is 2. The quantitative estimate of drug-likeness (QED) is 0.727. The monoisotopic (exact) mass is 228 g/mol. The van der Waals surface area contributed by atoms with E-state index in [-0.39, 0.29) is 11.8 Å². The van der Waals surface area contributed by atoms with E-state index in [0.717, 1.165) is 6.42 Å². The topological polar surface area (TPSA) is 83.6 Å². The number of aliphatic carboxylic acids is 1. The van der Waals surface area contributed by atoms with Gasteiger partial charge in [0.1, 0.15) is 0 Å². The van der Waals surface area contributed by atoms with Gasteiger partial charge in [-0.3, -0.25) is 9.59 Å². The lowest BCUT2D eigenvalue weighted by atomic mass is 9.96. The number of carboxylic acids is 1. The molecule has 1 rings (SSSR count).